The number of rotatable bonds is 9. The largest absolute Gasteiger partial charge is 0.385 e. The van der Waals surface area contributed by atoms with Crippen LogP contribution in [0.1, 0.15) is 76.2 Å². The summed E-state index contributed by atoms with van der Waals surface area (Å²) < 4.78 is 17.5. The minimum absolute atomic E-state index is 0.0539. The monoisotopic (exact) mass is 462 g/mol. The first-order valence-corrected chi connectivity index (χ1v) is 13.6. The molecule has 3 fully saturated rings. The lowest BCUT2D eigenvalue weighted by atomic mass is 9.68. The molecule has 3 nitrogen and oxygen atoms in total. The Morgan fingerprint density at radius 3 is 2.00 bits per heavy atom. The fraction of sp³-hybridized carbons (Fsp3) is 0.786. The Labute approximate surface area is 200 Å². The number of aryl methyl sites for hydroxylation is 1. The van der Waals surface area contributed by atoms with Crippen LogP contribution in [0.15, 0.2) is 24.3 Å². The normalized spacial score (nSPS) is 33.8. The van der Waals surface area contributed by atoms with Crippen molar-refractivity contribution >= 4 is 11.6 Å². The highest BCUT2D eigenvalue weighted by Gasteiger charge is 2.35. The first kappa shape index (κ1) is 24.5. The van der Waals surface area contributed by atoms with Gasteiger partial charge in [0.1, 0.15) is 0 Å². The van der Waals surface area contributed by atoms with Crippen LogP contribution in [0.4, 0.5) is 0 Å². The summed E-state index contributed by atoms with van der Waals surface area (Å²) in [6.45, 7) is 2.58. The Bertz CT molecular complexity index is 639. The first-order chi connectivity index (χ1) is 15.7. The number of halogens is 1. The molecular weight excluding hydrogens is 420 g/mol. The van der Waals surface area contributed by atoms with Crippen LogP contribution in [0.3, 0.4) is 0 Å². The average molecular weight is 463 g/mol. The zero-order valence-corrected chi connectivity index (χ0v) is 20.7. The molecule has 4 rings (SSSR count). The maximum atomic E-state index is 6.16. The van der Waals surface area contributed by atoms with Gasteiger partial charge < -0.3 is 14.2 Å². The third kappa shape index (κ3) is 7.19. The molecule has 32 heavy (non-hydrogen) atoms. The molecule has 4 heteroatoms. The van der Waals surface area contributed by atoms with Gasteiger partial charge in [-0.2, -0.15) is 0 Å². The van der Waals surface area contributed by atoms with Crippen LogP contribution in [-0.4, -0.2) is 33.2 Å². The molecule has 1 aliphatic heterocycles. The van der Waals surface area contributed by atoms with Crippen LogP contribution in [0.2, 0.25) is 5.02 Å². The second kappa shape index (κ2) is 12.7. The highest BCUT2D eigenvalue weighted by atomic mass is 35.5. The minimum atomic E-state index is 0.0539. The lowest BCUT2D eigenvalue weighted by Gasteiger charge is -2.41. The van der Waals surface area contributed by atoms with Crippen LogP contribution in [0, 0.1) is 29.6 Å². The molecule has 0 radical (unpaired) electrons. The van der Waals surface area contributed by atoms with Gasteiger partial charge in [-0.3, -0.25) is 0 Å². The Balaban J connectivity index is 1.10. The summed E-state index contributed by atoms with van der Waals surface area (Å²) in [4.78, 5) is 0. The highest BCUT2D eigenvalue weighted by Crippen LogP contribution is 2.43. The van der Waals surface area contributed by atoms with E-state index in [4.69, 9.17) is 25.8 Å². The Morgan fingerprint density at radius 2 is 1.38 bits per heavy atom. The molecular formula is C28H43ClO3. The van der Waals surface area contributed by atoms with Crippen molar-refractivity contribution in [2.45, 2.75) is 83.3 Å². The summed E-state index contributed by atoms with van der Waals surface area (Å²) in [5.74, 6) is 3.98. The molecule has 0 aromatic heterocycles. The van der Waals surface area contributed by atoms with Gasteiger partial charge >= 0.3 is 0 Å². The van der Waals surface area contributed by atoms with Crippen molar-refractivity contribution in [3.63, 3.8) is 0 Å². The number of ether oxygens (including phenoxy) is 3. The molecule has 180 valence electrons. The molecule has 0 unspecified atom stereocenters. The first-order valence-electron chi connectivity index (χ1n) is 13.2. The van der Waals surface area contributed by atoms with E-state index in [2.05, 4.69) is 12.1 Å². The van der Waals surface area contributed by atoms with E-state index >= 15 is 0 Å². The molecule has 0 N–H and O–H groups in total. The van der Waals surface area contributed by atoms with Gasteiger partial charge in [-0.1, -0.05) is 36.6 Å². The van der Waals surface area contributed by atoms with Crippen molar-refractivity contribution in [2.24, 2.45) is 29.6 Å². The summed E-state index contributed by atoms with van der Waals surface area (Å²) in [6, 6.07) is 8.42. The molecule has 1 heterocycles. The summed E-state index contributed by atoms with van der Waals surface area (Å²) in [5, 5.41) is 0.840. The molecule has 1 aromatic carbocycles. The maximum Gasteiger partial charge on any atom is 0.160 e. The van der Waals surface area contributed by atoms with Crippen LogP contribution in [0.5, 0.6) is 0 Å². The van der Waals surface area contributed by atoms with Crippen LogP contribution >= 0.6 is 11.6 Å². The van der Waals surface area contributed by atoms with Gasteiger partial charge in [-0.05, 0) is 99.7 Å². The van der Waals surface area contributed by atoms with Crippen molar-refractivity contribution in [3.8, 4) is 0 Å². The molecule has 3 aliphatic rings. The molecule has 0 amide bonds. The van der Waals surface area contributed by atoms with E-state index in [1.165, 1.54) is 69.8 Å². The maximum absolute atomic E-state index is 6.16. The minimum Gasteiger partial charge on any atom is -0.385 e. The van der Waals surface area contributed by atoms with Gasteiger partial charge in [-0.25, -0.2) is 0 Å². The van der Waals surface area contributed by atoms with Crippen molar-refractivity contribution in [1.82, 2.24) is 0 Å². The predicted molar refractivity (Wildman–Crippen MR) is 131 cm³/mol. The lowest BCUT2D eigenvalue weighted by molar-refractivity contribution is -0.230. The van der Waals surface area contributed by atoms with Crippen molar-refractivity contribution in [3.05, 3.63) is 34.9 Å². The molecule has 1 aromatic rings. The quantitative estimate of drug-likeness (QED) is 0.360. The molecule has 0 bridgehead atoms. The Hall–Kier alpha value is -0.610. The summed E-state index contributed by atoms with van der Waals surface area (Å²) in [5.41, 5.74) is 1.43. The van der Waals surface area contributed by atoms with Crippen molar-refractivity contribution < 1.29 is 14.2 Å². The summed E-state index contributed by atoms with van der Waals surface area (Å²) >= 11 is 6.01. The molecule has 2 saturated carbocycles. The zero-order valence-electron chi connectivity index (χ0n) is 20.0. The fourth-order valence-electron chi connectivity index (χ4n) is 6.37. The van der Waals surface area contributed by atoms with E-state index < -0.39 is 0 Å². The second-order valence-electron chi connectivity index (χ2n) is 10.7. The van der Waals surface area contributed by atoms with Crippen LogP contribution in [-0.2, 0) is 20.6 Å². The molecule has 0 atom stereocenters. The predicted octanol–water partition coefficient (Wildman–Crippen LogP) is 7.30. The second-order valence-corrected chi connectivity index (χ2v) is 11.1. The fourth-order valence-corrected chi connectivity index (χ4v) is 6.50. The number of hydrogen-bond acceptors (Lipinski definition) is 3. The van der Waals surface area contributed by atoms with Crippen molar-refractivity contribution in [2.75, 3.05) is 26.9 Å². The smallest absolute Gasteiger partial charge is 0.160 e. The Morgan fingerprint density at radius 1 is 0.781 bits per heavy atom. The molecule has 1 saturated heterocycles. The van der Waals surface area contributed by atoms with Gasteiger partial charge in [0, 0.05) is 30.6 Å². The lowest BCUT2D eigenvalue weighted by Crippen LogP contribution is -2.39. The number of methoxy groups -OCH3 is 1. The third-order valence-electron chi connectivity index (χ3n) is 8.47. The van der Waals surface area contributed by atoms with E-state index in [1.54, 1.807) is 7.11 Å². The summed E-state index contributed by atoms with van der Waals surface area (Å²) in [7, 11) is 1.77. The number of hydrogen-bond donors (Lipinski definition) is 0. The summed E-state index contributed by atoms with van der Waals surface area (Å²) in [6.07, 6.45) is 15.9. The third-order valence-corrected chi connectivity index (χ3v) is 8.72. The van der Waals surface area contributed by atoms with Crippen LogP contribution < -0.4 is 0 Å². The average Bonchev–Trinajstić information content (AvgIpc) is 2.85. The van der Waals surface area contributed by atoms with Gasteiger partial charge in [-0.15, -0.1) is 0 Å². The van der Waals surface area contributed by atoms with E-state index in [1.807, 2.05) is 12.1 Å². The van der Waals surface area contributed by atoms with Crippen LogP contribution in [0.25, 0.3) is 0 Å². The van der Waals surface area contributed by atoms with Crippen molar-refractivity contribution in [1.29, 1.82) is 0 Å². The van der Waals surface area contributed by atoms with E-state index in [0.717, 1.165) is 55.4 Å². The molecule has 2 aliphatic carbocycles. The van der Waals surface area contributed by atoms with E-state index in [0.29, 0.717) is 11.8 Å². The number of benzene rings is 1. The van der Waals surface area contributed by atoms with Gasteiger partial charge in [0.15, 0.2) is 6.29 Å². The van der Waals surface area contributed by atoms with E-state index in [9.17, 15) is 0 Å². The van der Waals surface area contributed by atoms with Gasteiger partial charge in [0.25, 0.3) is 0 Å². The van der Waals surface area contributed by atoms with E-state index in [-0.39, 0.29) is 6.29 Å². The standard InChI is InChI=1S/C28H43ClO3/c1-30-18-2-3-23-19-31-28(32-20-23)26-14-12-25(13-15-26)24-10-6-21(7-11-24)4-5-22-8-16-27(29)17-9-22/h8-9,16-17,21,23-26,28H,2-7,10-15,18-20H2,1H3/t21-,23-,24-,25-,26-,28-. The molecule has 0 spiro atoms. The topological polar surface area (TPSA) is 27.7 Å². The van der Waals surface area contributed by atoms with Gasteiger partial charge in [0.2, 0.25) is 0 Å². The SMILES string of the molecule is COCCC[C@H]1CO[C@H]([C@H]2CC[C@H]([C@H]3CC[C@H](CCc4ccc(Cl)cc4)CC3)CC2)OC1. The van der Waals surface area contributed by atoms with Gasteiger partial charge in [0.05, 0.1) is 13.2 Å². The Kier molecular flexibility index (Phi) is 9.76. The highest BCUT2D eigenvalue weighted by molar-refractivity contribution is 6.30. The zero-order chi connectivity index (χ0) is 22.2.